The van der Waals surface area contributed by atoms with Gasteiger partial charge in [0.25, 0.3) is 11.6 Å². The first-order chi connectivity index (χ1) is 16.7. The van der Waals surface area contributed by atoms with Crippen molar-refractivity contribution in [1.29, 1.82) is 0 Å². The highest BCUT2D eigenvalue weighted by molar-refractivity contribution is 7.22. The number of amides is 1. The Labute approximate surface area is 210 Å². The fraction of sp³-hybridized carbons (Fsp3) is 0.462. The fourth-order valence-electron chi connectivity index (χ4n) is 4.67. The molecular formula is C26H33N5O3S. The van der Waals surface area contributed by atoms with Crippen LogP contribution in [0, 0.1) is 24.0 Å². The number of fused-ring (bicyclic) bond motifs is 1. The second-order valence-corrected chi connectivity index (χ2v) is 10.5. The summed E-state index contributed by atoms with van der Waals surface area (Å²) in [5.41, 5.74) is 4.03. The third-order valence-electron chi connectivity index (χ3n) is 6.39. The molecule has 0 radical (unpaired) electrons. The molecule has 1 fully saturated rings. The molecular weight excluding hydrogens is 462 g/mol. The second kappa shape index (κ2) is 10.7. The summed E-state index contributed by atoms with van der Waals surface area (Å²) in [4.78, 5) is 35.9. The lowest BCUT2D eigenvalue weighted by molar-refractivity contribution is -0.384. The first kappa shape index (κ1) is 25.1. The molecule has 1 saturated heterocycles. The van der Waals surface area contributed by atoms with Crippen LogP contribution in [0.3, 0.4) is 0 Å². The minimum atomic E-state index is -0.374. The van der Waals surface area contributed by atoms with Crippen molar-refractivity contribution in [1.82, 2.24) is 9.88 Å². The van der Waals surface area contributed by atoms with Crippen molar-refractivity contribution in [3.8, 4) is 0 Å². The third kappa shape index (κ3) is 5.62. The monoisotopic (exact) mass is 495 g/mol. The van der Waals surface area contributed by atoms with E-state index in [2.05, 4.69) is 22.8 Å². The van der Waals surface area contributed by atoms with Crippen molar-refractivity contribution in [3.05, 3.63) is 57.1 Å². The van der Waals surface area contributed by atoms with Gasteiger partial charge in [-0.3, -0.25) is 19.8 Å². The minimum absolute atomic E-state index is 0.0123. The Kier molecular flexibility index (Phi) is 7.66. The number of anilines is 2. The summed E-state index contributed by atoms with van der Waals surface area (Å²) in [7, 11) is 4.00. The highest BCUT2D eigenvalue weighted by Crippen LogP contribution is 2.35. The molecule has 2 aromatic carbocycles. The number of rotatable bonds is 8. The molecule has 0 atom stereocenters. The van der Waals surface area contributed by atoms with Gasteiger partial charge in [0.2, 0.25) is 0 Å². The van der Waals surface area contributed by atoms with E-state index >= 15 is 0 Å². The molecule has 186 valence electrons. The topological polar surface area (TPSA) is 82.8 Å². The van der Waals surface area contributed by atoms with Gasteiger partial charge in [0.05, 0.1) is 15.1 Å². The molecule has 0 N–H and O–H groups in total. The van der Waals surface area contributed by atoms with Gasteiger partial charge in [-0.2, -0.15) is 0 Å². The number of nitro benzene ring substituents is 1. The molecule has 3 aromatic rings. The highest BCUT2D eigenvalue weighted by atomic mass is 32.1. The van der Waals surface area contributed by atoms with Gasteiger partial charge in [-0.1, -0.05) is 17.4 Å². The van der Waals surface area contributed by atoms with E-state index in [1.54, 1.807) is 17.0 Å². The molecule has 0 spiro atoms. The van der Waals surface area contributed by atoms with E-state index in [0.717, 1.165) is 66.7 Å². The van der Waals surface area contributed by atoms with Gasteiger partial charge >= 0.3 is 0 Å². The van der Waals surface area contributed by atoms with Crippen LogP contribution < -0.4 is 9.80 Å². The predicted octanol–water partition coefficient (Wildman–Crippen LogP) is 5.41. The number of carbonyl (C=O) groups excluding carboxylic acids is 1. The number of nitrogens with zero attached hydrogens (tertiary/aromatic N) is 5. The molecule has 1 amide bonds. The molecule has 4 rings (SSSR count). The summed E-state index contributed by atoms with van der Waals surface area (Å²) in [6.45, 7) is 6.99. The smallest absolute Gasteiger partial charge is 0.293 e. The van der Waals surface area contributed by atoms with Gasteiger partial charge in [-0.05, 0) is 89.5 Å². The number of hydrogen-bond acceptors (Lipinski definition) is 7. The normalized spacial score (nSPS) is 14.0. The first-order valence-corrected chi connectivity index (χ1v) is 12.9. The number of aryl methyl sites for hydroxylation is 2. The molecule has 1 aromatic heterocycles. The first-order valence-electron chi connectivity index (χ1n) is 12.1. The largest absolute Gasteiger partial charge is 0.366 e. The summed E-state index contributed by atoms with van der Waals surface area (Å²) in [5.74, 6) is -0.259. The SMILES string of the molecule is Cc1cc(C)c2sc(N(CCCN(C)C)C(=O)c3ccc(N4CCCCC4)c([N+](=O)[O-])c3)nc2c1. The third-order valence-corrected chi connectivity index (χ3v) is 7.62. The Morgan fingerprint density at radius 2 is 1.86 bits per heavy atom. The van der Waals surface area contributed by atoms with Crippen LogP contribution in [0.5, 0.6) is 0 Å². The molecule has 8 nitrogen and oxygen atoms in total. The van der Waals surface area contributed by atoms with Crippen molar-refractivity contribution in [2.45, 2.75) is 39.5 Å². The van der Waals surface area contributed by atoms with Crippen LogP contribution in [-0.2, 0) is 0 Å². The van der Waals surface area contributed by atoms with E-state index < -0.39 is 0 Å². The number of nitro groups is 1. The van der Waals surface area contributed by atoms with Crippen LogP contribution in [-0.4, -0.2) is 61.0 Å². The Balaban J connectivity index is 1.70. The van der Waals surface area contributed by atoms with Crippen LogP contribution in [0.1, 0.15) is 47.2 Å². The van der Waals surface area contributed by atoms with E-state index in [1.165, 1.54) is 17.4 Å². The quantitative estimate of drug-likeness (QED) is 0.307. The van der Waals surface area contributed by atoms with E-state index in [1.807, 2.05) is 27.1 Å². The zero-order valence-electron chi connectivity index (χ0n) is 20.9. The summed E-state index contributed by atoms with van der Waals surface area (Å²) >= 11 is 1.50. The van der Waals surface area contributed by atoms with Crippen LogP contribution in [0.15, 0.2) is 30.3 Å². The lowest BCUT2D eigenvalue weighted by atomic mass is 10.1. The summed E-state index contributed by atoms with van der Waals surface area (Å²) < 4.78 is 1.06. The molecule has 2 heterocycles. The van der Waals surface area contributed by atoms with Gasteiger partial charge in [-0.15, -0.1) is 0 Å². The summed E-state index contributed by atoms with van der Waals surface area (Å²) in [6, 6.07) is 9.05. The van der Waals surface area contributed by atoms with Crippen LogP contribution in [0.4, 0.5) is 16.5 Å². The Morgan fingerprint density at radius 1 is 1.11 bits per heavy atom. The van der Waals surface area contributed by atoms with Crippen LogP contribution >= 0.6 is 11.3 Å². The number of benzene rings is 2. The van der Waals surface area contributed by atoms with E-state index in [-0.39, 0.29) is 16.5 Å². The van der Waals surface area contributed by atoms with Crippen molar-refractivity contribution in [3.63, 3.8) is 0 Å². The average Bonchev–Trinajstić information content (AvgIpc) is 3.25. The maximum Gasteiger partial charge on any atom is 0.293 e. The van der Waals surface area contributed by atoms with Crippen molar-refractivity contribution in [2.24, 2.45) is 0 Å². The maximum atomic E-state index is 13.8. The van der Waals surface area contributed by atoms with Crippen molar-refractivity contribution in [2.75, 3.05) is 50.1 Å². The molecule has 1 aliphatic rings. The van der Waals surface area contributed by atoms with E-state index in [4.69, 9.17) is 4.98 Å². The molecule has 1 aliphatic heterocycles. The Bertz CT molecular complexity index is 1230. The Morgan fingerprint density at radius 3 is 2.54 bits per heavy atom. The predicted molar refractivity (Wildman–Crippen MR) is 143 cm³/mol. The van der Waals surface area contributed by atoms with E-state index in [0.29, 0.717) is 22.9 Å². The number of hydrogen-bond donors (Lipinski definition) is 0. The average molecular weight is 496 g/mol. The van der Waals surface area contributed by atoms with Gasteiger partial charge in [0.1, 0.15) is 5.69 Å². The number of piperidine rings is 1. The maximum absolute atomic E-state index is 13.8. The highest BCUT2D eigenvalue weighted by Gasteiger charge is 2.27. The van der Waals surface area contributed by atoms with Gasteiger partial charge in [0.15, 0.2) is 5.13 Å². The number of aromatic nitrogens is 1. The minimum Gasteiger partial charge on any atom is -0.366 e. The molecule has 0 aliphatic carbocycles. The molecule has 9 heteroatoms. The lowest BCUT2D eigenvalue weighted by Gasteiger charge is -2.28. The van der Waals surface area contributed by atoms with Crippen LogP contribution in [0.2, 0.25) is 0 Å². The molecule has 0 saturated carbocycles. The summed E-state index contributed by atoms with van der Waals surface area (Å²) in [6.07, 6.45) is 3.95. The van der Waals surface area contributed by atoms with Gasteiger partial charge in [-0.25, -0.2) is 4.98 Å². The molecule has 0 unspecified atom stereocenters. The molecule has 0 bridgehead atoms. The standard InChI is InChI=1S/C26H33N5O3S/c1-18-15-19(2)24-21(16-18)27-26(35-24)30(14-8-11-28(3)4)25(32)20-9-10-22(23(17-20)31(33)34)29-12-6-5-7-13-29/h9-10,15-17H,5-8,11-14H2,1-4H3. The Hall–Kier alpha value is -3.04. The number of carbonyl (C=O) groups is 1. The molecule has 35 heavy (non-hydrogen) atoms. The van der Waals surface area contributed by atoms with Crippen molar-refractivity contribution < 1.29 is 9.72 Å². The van der Waals surface area contributed by atoms with Gasteiger partial charge < -0.3 is 9.80 Å². The second-order valence-electron chi connectivity index (χ2n) is 9.55. The fourth-order valence-corrected chi connectivity index (χ4v) is 5.71. The zero-order valence-corrected chi connectivity index (χ0v) is 21.7. The van der Waals surface area contributed by atoms with Crippen LogP contribution in [0.25, 0.3) is 10.2 Å². The summed E-state index contributed by atoms with van der Waals surface area (Å²) in [5, 5.41) is 12.6. The van der Waals surface area contributed by atoms with Gasteiger partial charge in [0, 0.05) is 31.3 Å². The zero-order chi connectivity index (χ0) is 25.1. The number of thiazole rings is 1. The van der Waals surface area contributed by atoms with E-state index in [9.17, 15) is 14.9 Å². The lowest BCUT2D eigenvalue weighted by Crippen LogP contribution is -2.34. The van der Waals surface area contributed by atoms with Crippen molar-refractivity contribution >= 4 is 44.0 Å².